The Bertz CT molecular complexity index is 1360. The van der Waals surface area contributed by atoms with Gasteiger partial charge in [0.15, 0.2) is 5.65 Å². The monoisotopic (exact) mass is 513 g/mol. The molecule has 2 aromatic heterocycles. The van der Waals surface area contributed by atoms with Crippen LogP contribution in [0, 0.1) is 6.92 Å². The van der Waals surface area contributed by atoms with Crippen molar-refractivity contribution in [3.05, 3.63) is 48.4 Å². The molecule has 1 fully saturated rings. The van der Waals surface area contributed by atoms with Gasteiger partial charge in [-0.05, 0) is 58.7 Å². The molecule has 36 heavy (non-hydrogen) atoms. The van der Waals surface area contributed by atoms with E-state index in [1.807, 2.05) is 32.6 Å². The first-order chi connectivity index (χ1) is 17.0. The Morgan fingerprint density at radius 3 is 2.58 bits per heavy atom. The molecule has 1 aliphatic heterocycles. The van der Waals surface area contributed by atoms with E-state index in [-0.39, 0.29) is 23.1 Å². The summed E-state index contributed by atoms with van der Waals surface area (Å²) in [7, 11) is -3.89. The van der Waals surface area contributed by atoms with Gasteiger partial charge in [0.25, 0.3) is 10.0 Å². The average Bonchev–Trinajstić information content (AvgIpc) is 3.27. The number of aromatic nitrogens is 3. The lowest BCUT2D eigenvalue weighted by Crippen LogP contribution is -2.51. The lowest BCUT2D eigenvalue weighted by molar-refractivity contribution is -0.106. The minimum absolute atomic E-state index is 0.0365. The lowest BCUT2D eigenvalue weighted by Gasteiger charge is -2.39. The van der Waals surface area contributed by atoms with E-state index in [0.29, 0.717) is 24.3 Å². The zero-order valence-corrected chi connectivity index (χ0v) is 21.7. The molecule has 0 saturated carbocycles. The number of likely N-dealkylation sites (tertiary alicyclic amines) is 1. The fourth-order valence-electron chi connectivity index (χ4n) is 4.35. The highest BCUT2D eigenvalue weighted by Crippen LogP contribution is 2.30. The molecule has 192 valence electrons. The lowest BCUT2D eigenvalue weighted by atomic mass is 10.0. The van der Waals surface area contributed by atoms with E-state index in [1.165, 1.54) is 12.5 Å². The second kappa shape index (κ2) is 9.88. The zero-order valence-electron chi connectivity index (χ0n) is 20.9. The van der Waals surface area contributed by atoms with Crippen LogP contribution >= 0.6 is 0 Å². The molecule has 1 saturated heterocycles. The molecule has 4 rings (SSSR count). The van der Waals surface area contributed by atoms with Crippen molar-refractivity contribution in [1.82, 2.24) is 18.8 Å². The minimum atomic E-state index is -3.89. The molecule has 3 heterocycles. The van der Waals surface area contributed by atoms with Crippen molar-refractivity contribution in [2.75, 3.05) is 24.5 Å². The molecule has 3 aromatic rings. The van der Waals surface area contributed by atoms with Crippen LogP contribution in [0.1, 0.15) is 39.2 Å². The highest BCUT2D eigenvalue weighted by molar-refractivity contribution is 7.90. The Hall–Kier alpha value is -3.47. The van der Waals surface area contributed by atoms with Crippen LogP contribution < -0.4 is 4.90 Å². The number of hydrogen-bond donors (Lipinski definition) is 0. The summed E-state index contributed by atoms with van der Waals surface area (Å²) in [5, 5.41) is 0.504. The van der Waals surface area contributed by atoms with Gasteiger partial charge in [0.05, 0.1) is 16.8 Å². The molecule has 1 aromatic carbocycles. The predicted octanol–water partition coefficient (Wildman–Crippen LogP) is 3.38. The van der Waals surface area contributed by atoms with Gasteiger partial charge in [0.2, 0.25) is 0 Å². The number of benzene rings is 1. The van der Waals surface area contributed by atoms with Crippen molar-refractivity contribution in [2.24, 2.45) is 0 Å². The number of ether oxygens (including phenoxy) is 1. The summed E-state index contributed by atoms with van der Waals surface area (Å²) in [6, 6.07) is 8.04. The van der Waals surface area contributed by atoms with Crippen LogP contribution in [-0.2, 0) is 19.6 Å². The summed E-state index contributed by atoms with van der Waals surface area (Å²) < 4.78 is 33.3. The van der Waals surface area contributed by atoms with Crippen LogP contribution in [0.3, 0.4) is 0 Å². The third-order valence-electron chi connectivity index (χ3n) is 6.04. The third-order valence-corrected chi connectivity index (χ3v) is 7.72. The van der Waals surface area contributed by atoms with Crippen LogP contribution in [0.5, 0.6) is 0 Å². The standard InChI is InChI=1S/C25H31N5O5S/c1-18-7-9-20(10-8-18)36(33,34)30-13-11-21-22(26-17-27-23(21)30)29(14-15-31)19-6-5-12-28(16-19)24(32)35-25(2,3)4/h7-11,13,15,17,19H,5-6,12,14,16H2,1-4H3. The normalized spacial score (nSPS) is 16.7. The molecule has 10 nitrogen and oxygen atoms in total. The number of carbonyl (C=O) groups excluding carboxylic acids is 2. The van der Waals surface area contributed by atoms with Crippen molar-refractivity contribution >= 4 is 39.3 Å². The predicted molar refractivity (Wildman–Crippen MR) is 136 cm³/mol. The van der Waals surface area contributed by atoms with Crippen molar-refractivity contribution in [2.45, 2.75) is 57.1 Å². The fraction of sp³-hybridized carbons (Fsp3) is 0.440. The number of carbonyl (C=O) groups is 2. The molecular formula is C25H31N5O5S. The average molecular weight is 514 g/mol. The van der Waals surface area contributed by atoms with Gasteiger partial charge in [0.1, 0.15) is 24.0 Å². The molecule has 0 radical (unpaired) electrons. The van der Waals surface area contributed by atoms with Gasteiger partial charge in [-0.1, -0.05) is 17.7 Å². The maximum Gasteiger partial charge on any atom is 0.410 e. The SMILES string of the molecule is Cc1ccc(S(=O)(=O)n2ccc3c(N(CC=O)C4CCCN(C(=O)OC(C)(C)C)C4)ncnc32)cc1. The number of rotatable bonds is 6. The quantitative estimate of drug-likeness (QED) is 0.461. The van der Waals surface area contributed by atoms with Crippen LogP contribution in [0.2, 0.25) is 0 Å². The summed E-state index contributed by atoms with van der Waals surface area (Å²) in [5.41, 5.74) is 0.557. The topological polar surface area (TPSA) is 115 Å². The molecule has 1 unspecified atom stereocenters. The van der Waals surface area contributed by atoms with Gasteiger partial charge in [-0.2, -0.15) is 0 Å². The Kier molecular flexibility index (Phi) is 7.03. The molecule has 0 aliphatic carbocycles. The maximum atomic E-state index is 13.3. The van der Waals surface area contributed by atoms with Crippen molar-refractivity contribution < 1.29 is 22.7 Å². The number of amides is 1. The van der Waals surface area contributed by atoms with Crippen LogP contribution in [-0.4, -0.2) is 70.9 Å². The summed E-state index contributed by atoms with van der Waals surface area (Å²) in [4.78, 5) is 36.6. The smallest absolute Gasteiger partial charge is 0.410 e. The molecule has 1 amide bonds. The second-order valence-corrected chi connectivity index (χ2v) is 11.7. The van der Waals surface area contributed by atoms with Crippen molar-refractivity contribution in [3.8, 4) is 0 Å². The van der Waals surface area contributed by atoms with E-state index in [9.17, 15) is 18.0 Å². The first-order valence-electron chi connectivity index (χ1n) is 11.8. The Balaban J connectivity index is 1.69. The van der Waals surface area contributed by atoms with E-state index in [4.69, 9.17) is 4.74 Å². The molecule has 1 aliphatic rings. The zero-order chi connectivity index (χ0) is 26.1. The van der Waals surface area contributed by atoms with E-state index in [0.717, 1.165) is 28.7 Å². The number of piperidine rings is 1. The fourth-order valence-corrected chi connectivity index (χ4v) is 5.65. The largest absolute Gasteiger partial charge is 0.444 e. The molecular weight excluding hydrogens is 482 g/mol. The Morgan fingerprint density at radius 1 is 1.19 bits per heavy atom. The minimum Gasteiger partial charge on any atom is -0.444 e. The number of anilines is 1. The molecule has 1 atom stereocenters. The number of fused-ring (bicyclic) bond motifs is 1. The first-order valence-corrected chi connectivity index (χ1v) is 13.3. The van der Waals surface area contributed by atoms with E-state index >= 15 is 0 Å². The highest BCUT2D eigenvalue weighted by atomic mass is 32.2. The van der Waals surface area contributed by atoms with E-state index < -0.39 is 21.7 Å². The molecule has 0 spiro atoms. The van der Waals surface area contributed by atoms with Gasteiger partial charge >= 0.3 is 6.09 Å². The molecule has 0 N–H and O–H groups in total. The van der Waals surface area contributed by atoms with Crippen LogP contribution in [0.4, 0.5) is 10.6 Å². The highest BCUT2D eigenvalue weighted by Gasteiger charge is 2.32. The second-order valence-electron chi connectivity index (χ2n) is 9.91. The van der Waals surface area contributed by atoms with Gasteiger partial charge in [-0.15, -0.1) is 0 Å². The molecule has 11 heteroatoms. The van der Waals surface area contributed by atoms with Gasteiger partial charge < -0.3 is 19.3 Å². The van der Waals surface area contributed by atoms with Gasteiger partial charge in [-0.3, -0.25) is 0 Å². The maximum absolute atomic E-state index is 13.3. The summed E-state index contributed by atoms with van der Waals surface area (Å²) in [6.07, 6.45) is 4.59. The van der Waals surface area contributed by atoms with E-state index in [1.54, 1.807) is 35.2 Å². The van der Waals surface area contributed by atoms with E-state index in [2.05, 4.69) is 9.97 Å². The number of aldehydes is 1. The first kappa shape index (κ1) is 25.6. The Morgan fingerprint density at radius 2 is 1.92 bits per heavy atom. The number of aryl methyl sites for hydroxylation is 1. The number of hydrogen-bond acceptors (Lipinski definition) is 8. The summed E-state index contributed by atoms with van der Waals surface area (Å²) in [5.74, 6) is 0.445. The third kappa shape index (κ3) is 5.20. The summed E-state index contributed by atoms with van der Waals surface area (Å²) in [6.45, 7) is 8.29. The summed E-state index contributed by atoms with van der Waals surface area (Å²) >= 11 is 0. The Labute approximate surface area is 210 Å². The van der Waals surface area contributed by atoms with Crippen molar-refractivity contribution in [1.29, 1.82) is 0 Å². The molecule has 0 bridgehead atoms. The van der Waals surface area contributed by atoms with Gasteiger partial charge in [-0.25, -0.2) is 27.2 Å². The van der Waals surface area contributed by atoms with Crippen LogP contribution in [0.25, 0.3) is 11.0 Å². The van der Waals surface area contributed by atoms with Gasteiger partial charge in [0, 0.05) is 25.3 Å². The van der Waals surface area contributed by atoms with Crippen molar-refractivity contribution in [3.63, 3.8) is 0 Å². The number of nitrogens with zero attached hydrogens (tertiary/aromatic N) is 5. The van der Waals surface area contributed by atoms with Crippen LogP contribution in [0.15, 0.2) is 47.8 Å².